The van der Waals surface area contributed by atoms with Crippen molar-refractivity contribution in [1.29, 1.82) is 0 Å². The Hall–Kier alpha value is -1.32. The van der Waals surface area contributed by atoms with Gasteiger partial charge in [0.15, 0.2) is 5.69 Å². The predicted octanol–water partition coefficient (Wildman–Crippen LogP) is 0.547. The van der Waals surface area contributed by atoms with Gasteiger partial charge in [-0.25, -0.2) is 0 Å². The van der Waals surface area contributed by atoms with E-state index in [2.05, 4.69) is 17.4 Å². The molecule has 0 unspecified atom stereocenters. The third-order valence-electron chi connectivity index (χ3n) is 1.15. The molecule has 0 aliphatic heterocycles. The molecule has 1 rings (SSSR count). The summed E-state index contributed by atoms with van der Waals surface area (Å²) in [5.74, 6) is 0.371. The summed E-state index contributed by atoms with van der Waals surface area (Å²) >= 11 is 0. The third-order valence-corrected chi connectivity index (χ3v) is 1.15. The van der Waals surface area contributed by atoms with Crippen molar-refractivity contribution in [3.63, 3.8) is 0 Å². The lowest BCUT2D eigenvalue weighted by Crippen LogP contribution is -2.22. The van der Waals surface area contributed by atoms with E-state index in [0.29, 0.717) is 18.0 Å². The fourth-order valence-corrected chi connectivity index (χ4v) is 0.678. The number of aromatic nitrogens is 1. The highest BCUT2D eigenvalue weighted by Crippen LogP contribution is 2.00. The Morgan fingerprint density at radius 2 is 2.64 bits per heavy atom. The molecule has 1 amide bonds. The lowest BCUT2D eigenvalue weighted by molar-refractivity contribution is 0.0949. The fourth-order valence-electron chi connectivity index (χ4n) is 0.678. The van der Waals surface area contributed by atoms with Gasteiger partial charge in [0.25, 0.3) is 5.91 Å². The first kappa shape index (κ1) is 7.78. The van der Waals surface area contributed by atoms with E-state index >= 15 is 0 Å². The van der Waals surface area contributed by atoms with Crippen LogP contribution in [0, 0.1) is 13.8 Å². The highest BCUT2D eigenvalue weighted by molar-refractivity contribution is 5.92. The number of nitrogens with one attached hydrogen (secondary N) is 1. The highest BCUT2D eigenvalue weighted by Gasteiger charge is 2.08. The molecule has 0 aromatic carbocycles. The van der Waals surface area contributed by atoms with Gasteiger partial charge in [0.2, 0.25) is 0 Å². The predicted molar refractivity (Wildman–Crippen MR) is 38.9 cm³/mol. The molecule has 1 N–H and O–H groups in total. The first-order valence-corrected chi connectivity index (χ1v) is 3.25. The lowest BCUT2D eigenvalue weighted by atomic mass is 10.3. The number of carbonyl (C=O) groups is 1. The summed E-state index contributed by atoms with van der Waals surface area (Å²) in [6.07, 6.45) is 0. The molecule has 4 nitrogen and oxygen atoms in total. The maximum absolute atomic E-state index is 11.0. The molecule has 1 radical (unpaired) electrons. The van der Waals surface area contributed by atoms with Crippen LogP contribution in [0.1, 0.15) is 16.2 Å². The van der Waals surface area contributed by atoms with Crippen molar-refractivity contribution in [1.82, 2.24) is 10.5 Å². The largest absolute Gasteiger partial charge is 0.361 e. The monoisotopic (exact) mass is 153 g/mol. The Labute approximate surface area is 64.6 Å². The number of hydrogen-bond acceptors (Lipinski definition) is 3. The van der Waals surface area contributed by atoms with Crippen LogP contribution in [-0.4, -0.2) is 17.6 Å². The topological polar surface area (TPSA) is 55.1 Å². The molecule has 0 atom stereocenters. The van der Waals surface area contributed by atoms with Gasteiger partial charge in [-0.15, -0.1) is 0 Å². The van der Waals surface area contributed by atoms with Crippen molar-refractivity contribution >= 4 is 5.91 Å². The van der Waals surface area contributed by atoms with Crippen LogP contribution in [0.5, 0.6) is 0 Å². The van der Waals surface area contributed by atoms with Crippen LogP contribution in [-0.2, 0) is 0 Å². The van der Waals surface area contributed by atoms with Crippen LogP contribution in [0.15, 0.2) is 10.6 Å². The van der Waals surface area contributed by atoms with Gasteiger partial charge in [0.05, 0.1) is 0 Å². The molecule has 1 aromatic rings. The SMILES string of the molecule is [CH2]CNC(=O)c1cc(C)on1. The van der Waals surface area contributed by atoms with Gasteiger partial charge in [-0.2, -0.15) is 0 Å². The normalized spacial score (nSPS) is 9.64. The fraction of sp³-hybridized carbons (Fsp3) is 0.286. The number of hydrogen-bond donors (Lipinski definition) is 1. The summed E-state index contributed by atoms with van der Waals surface area (Å²) < 4.78 is 4.70. The summed E-state index contributed by atoms with van der Waals surface area (Å²) in [6, 6.07) is 1.57. The molecule has 0 spiro atoms. The molecule has 0 fully saturated rings. The minimum atomic E-state index is -0.253. The first-order valence-electron chi connectivity index (χ1n) is 3.25. The van der Waals surface area contributed by atoms with Crippen molar-refractivity contribution in [2.24, 2.45) is 0 Å². The minimum absolute atomic E-state index is 0.253. The zero-order valence-corrected chi connectivity index (χ0v) is 6.26. The van der Waals surface area contributed by atoms with E-state index in [0.717, 1.165) is 0 Å². The molecule has 0 bridgehead atoms. The van der Waals surface area contributed by atoms with Gasteiger partial charge in [-0.05, 0) is 13.8 Å². The summed E-state index contributed by atoms with van der Waals surface area (Å²) in [5.41, 5.74) is 0.297. The van der Waals surface area contributed by atoms with Crippen molar-refractivity contribution < 1.29 is 9.32 Å². The number of amides is 1. The van der Waals surface area contributed by atoms with Crippen LogP contribution >= 0.6 is 0 Å². The van der Waals surface area contributed by atoms with Crippen molar-refractivity contribution in [3.8, 4) is 0 Å². The van der Waals surface area contributed by atoms with E-state index in [4.69, 9.17) is 4.52 Å². The average molecular weight is 153 g/mol. The van der Waals surface area contributed by atoms with Gasteiger partial charge >= 0.3 is 0 Å². The Balaban J connectivity index is 2.69. The second kappa shape index (κ2) is 3.18. The summed E-state index contributed by atoms with van der Waals surface area (Å²) in [4.78, 5) is 11.0. The molecule has 1 heterocycles. The van der Waals surface area contributed by atoms with E-state index < -0.39 is 0 Å². The van der Waals surface area contributed by atoms with E-state index in [-0.39, 0.29) is 5.91 Å². The number of rotatable bonds is 2. The summed E-state index contributed by atoms with van der Waals surface area (Å²) in [5, 5.41) is 6.02. The summed E-state index contributed by atoms with van der Waals surface area (Å²) in [6.45, 7) is 5.55. The van der Waals surface area contributed by atoms with Crippen molar-refractivity contribution in [3.05, 3.63) is 24.4 Å². The first-order chi connectivity index (χ1) is 5.24. The number of aryl methyl sites for hydroxylation is 1. The van der Waals surface area contributed by atoms with E-state index in [9.17, 15) is 4.79 Å². The molecule has 59 valence electrons. The molecule has 1 aromatic heterocycles. The minimum Gasteiger partial charge on any atom is -0.361 e. The molecular formula is C7H9N2O2. The van der Waals surface area contributed by atoms with E-state index in [1.807, 2.05) is 0 Å². The zero-order valence-electron chi connectivity index (χ0n) is 6.26. The van der Waals surface area contributed by atoms with Gasteiger partial charge in [0.1, 0.15) is 5.76 Å². The number of carbonyl (C=O) groups excluding carboxylic acids is 1. The average Bonchev–Trinajstić information content (AvgIpc) is 2.36. The Morgan fingerprint density at radius 1 is 1.91 bits per heavy atom. The van der Waals surface area contributed by atoms with Crippen LogP contribution in [0.4, 0.5) is 0 Å². The van der Waals surface area contributed by atoms with E-state index in [1.165, 1.54) is 0 Å². The molecule has 0 saturated carbocycles. The van der Waals surface area contributed by atoms with Crippen LogP contribution in [0.25, 0.3) is 0 Å². The second-order valence-electron chi connectivity index (χ2n) is 2.08. The zero-order chi connectivity index (χ0) is 8.27. The van der Waals surface area contributed by atoms with Crippen LogP contribution < -0.4 is 5.32 Å². The quantitative estimate of drug-likeness (QED) is 0.674. The maximum Gasteiger partial charge on any atom is 0.273 e. The molecule has 11 heavy (non-hydrogen) atoms. The molecule has 0 aliphatic carbocycles. The molecular weight excluding hydrogens is 144 g/mol. The Morgan fingerprint density at radius 3 is 3.09 bits per heavy atom. The van der Waals surface area contributed by atoms with E-state index in [1.54, 1.807) is 13.0 Å². The third kappa shape index (κ3) is 1.80. The molecule has 4 heteroatoms. The van der Waals surface area contributed by atoms with Crippen molar-refractivity contribution in [2.75, 3.05) is 6.54 Å². The van der Waals surface area contributed by atoms with Gasteiger partial charge < -0.3 is 9.84 Å². The van der Waals surface area contributed by atoms with Gasteiger partial charge in [-0.1, -0.05) is 5.16 Å². The second-order valence-corrected chi connectivity index (χ2v) is 2.08. The Bertz CT molecular complexity index is 255. The highest BCUT2D eigenvalue weighted by atomic mass is 16.5. The summed E-state index contributed by atoms with van der Waals surface area (Å²) in [7, 11) is 0. The lowest BCUT2D eigenvalue weighted by Gasteiger charge is -1.93. The maximum atomic E-state index is 11.0. The van der Waals surface area contributed by atoms with Crippen molar-refractivity contribution in [2.45, 2.75) is 6.92 Å². The molecule has 0 saturated heterocycles. The van der Waals surface area contributed by atoms with Crippen LogP contribution in [0.2, 0.25) is 0 Å². The Kier molecular flexibility index (Phi) is 2.25. The standard InChI is InChI=1S/C7H9N2O2/c1-3-8-7(10)6-4-5(2)11-9-6/h4H,1,3H2,2H3,(H,8,10). The van der Waals surface area contributed by atoms with Gasteiger partial charge in [-0.3, -0.25) is 4.79 Å². The van der Waals surface area contributed by atoms with Crippen LogP contribution in [0.3, 0.4) is 0 Å². The smallest absolute Gasteiger partial charge is 0.273 e. The number of nitrogens with zero attached hydrogens (tertiary/aromatic N) is 1. The van der Waals surface area contributed by atoms with Gasteiger partial charge in [0, 0.05) is 12.6 Å². The molecule has 0 aliphatic rings.